The summed E-state index contributed by atoms with van der Waals surface area (Å²) in [6, 6.07) is 9.69. The first-order valence-corrected chi connectivity index (χ1v) is 5.80. The van der Waals surface area contributed by atoms with E-state index in [1.54, 1.807) is 30.3 Å². The zero-order valence-electron chi connectivity index (χ0n) is 10.7. The van der Waals surface area contributed by atoms with E-state index in [4.69, 9.17) is 5.73 Å². The molecular formula is C13H13N5O2. The number of nitrogens with two attached hydrogens (primary N) is 1. The third kappa shape index (κ3) is 3.29. The van der Waals surface area contributed by atoms with E-state index in [0.717, 1.165) is 0 Å². The van der Waals surface area contributed by atoms with Gasteiger partial charge in [-0.05, 0) is 24.3 Å². The second-order valence-electron chi connectivity index (χ2n) is 3.97. The summed E-state index contributed by atoms with van der Waals surface area (Å²) >= 11 is 0. The lowest BCUT2D eigenvalue weighted by Gasteiger charge is -2.03. The molecule has 0 aliphatic rings. The minimum atomic E-state index is -0.236. The molecule has 1 heterocycles. The lowest BCUT2D eigenvalue weighted by atomic mass is 10.3. The van der Waals surface area contributed by atoms with E-state index in [0.29, 0.717) is 17.2 Å². The van der Waals surface area contributed by atoms with Crippen LogP contribution in [0.25, 0.3) is 0 Å². The molecule has 7 heteroatoms. The van der Waals surface area contributed by atoms with Gasteiger partial charge >= 0.3 is 0 Å². The first kappa shape index (κ1) is 13.5. The number of nitrogen functional groups attached to an aromatic ring is 1. The van der Waals surface area contributed by atoms with Gasteiger partial charge in [-0.2, -0.15) is 0 Å². The molecule has 0 atom stereocenters. The van der Waals surface area contributed by atoms with E-state index in [9.17, 15) is 9.90 Å². The maximum absolute atomic E-state index is 10.9. The van der Waals surface area contributed by atoms with E-state index in [1.165, 1.54) is 13.0 Å². The van der Waals surface area contributed by atoms with Crippen molar-refractivity contribution >= 4 is 28.9 Å². The number of azo groups is 1. The van der Waals surface area contributed by atoms with E-state index in [2.05, 4.69) is 20.5 Å². The van der Waals surface area contributed by atoms with Crippen LogP contribution < -0.4 is 11.1 Å². The Labute approximate surface area is 115 Å². The molecular weight excluding hydrogens is 258 g/mol. The molecule has 2 rings (SSSR count). The Kier molecular flexibility index (Phi) is 3.90. The molecule has 0 unspecified atom stereocenters. The Hall–Kier alpha value is -2.96. The maximum Gasteiger partial charge on any atom is 0.222 e. The summed E-state index contributed by atoms with van der Waals surface area (Å²) in [6.45, 7) is 1.38. The number of hydrogen-bond donors (Lipinski definition) is 3. The molecule has 0 saturated heterocycles. The number of aromatic hydroxyl groups is 1. The number of benzene rings is 1. The normalized spacial score (nSPS) is 10.7. The molecule has 0 saturated carbocycles. The Morgan fingerprint density at radius 3 is 2.55 bits per heavy atom. The molecule has 0 aliphatic carbocycles. The number of hydrogen-bond acceptors (Lipinski definition) is 6. The van der Waals surface area contributed by atoms with Crippen LogP contribution >= 0.6 is 0 Å². The number of anilines is 2. The summed E-state index contributed by atoms with van der Waals surface area (Å²) in [5.41, 5.74) is 6.40. The molecule has 0 bridgehead atoms. The van der Waals surface area contributed by atoms with Gasteiger partial charge in [-0.15, -0.1) is 10.2 Å². The summed E-state index contributed by atoms with van der Waals surface area (Å²) in [4.78, 5) is 14.9. The number of para-hydroxylation sites is 1. The molecule has 0 fully saturated rings. The molecule has 102 valence electrons. The number of rotatable bonds is 3. The van der Waals surface area contributed by atoms with Crippen molar-refractivity contribution in [2.75, 3.05) is 11.1 Å². The molecule has 7 nitrogen and oxygen atoms in total. The second-order valence-corrected chi connectivity index (χ2v) is 3.97. The van der Waals surface area contributed by atoms with E-state index in [1.807, 2.05) is 0 Å². The van der Waals surface area contributed by atoms with Crippen LogP contribution in [0.3, 0.4) is 0 Å². The van der Waals surface area contributed by atoms with Gasteiger partial charge in [-0.1, -0.05) is 12.1 Å². The van der Waals surface area contributed by atoms with Crippen molar-refractivity contribution in [2.45, 2.75) is 6.92 Å². The van der Waals surface area contributed by atoms with E-state index < -0.39 is 0 Å². The van der Waals surface area contributed by atoms with Crippen molar-refractivity contribution in [3.8, 4) is 5.75 Å². The minimum Gasteiger partial charge on any atom is -0.506 e. The molecule has 0 spiro atoms. The predicted molar refractivity (Wildman–Crippen MR) is 75.2 cm³/mol. The van der Waals surface area contributed by atoms with Crippen LogP contribution in [0.1, 0.15) is 6.92 Å². The van der Waals surface area contributed by atoms with E-state index in [-0.39, 0.29) is 17.5 Å². The highest BCUT2D eigenvalue weighted by Gasteiger charge is 2.04. The Bertz CT molecular complexity index is 670. The highest BCUT2D eigenvalue weighted by molar-refractivity contribution is 5.88. The standard InChI is InChI=1S/C13H13N5O2/c1-8(19)15-12-7-6-10(13(14)16-12)18-17-9-4-2-3-5-11(9)20/h2-7,20H,1H3,(H3,14,15,16,19)/b18-17+. The van der Waals surface area contributed by atoms with Gasteiger partial charge in [-0.25, -0.2) is 4.98 Å². The summed E-state index contributed by atoms with van der Waals surface area (Å²) in [5, 5.41) is 19.9. The summed E-state index contributed by atoms with van der Waals surface area (Å²) in [5.74, 6) is 0.269. The fraction of sp³-hybridized carbons (Fsp3) is 0.0769. The highest BCUT2D eigenvalue weighted by atomic mass is 16.3. The number of amides is 1. The number of carbonyl (C=O) groups excluding carboxylic acids is 1. The van der Waals surface area contributed by atoms with Crippen molar-refractivity contribution in [2.24, 2.45) is 10.2 Å². The number of phenols is 1. The van der Waals surface area contributed by atoms with Gasteiger partial charge in [0.2, 0.25) is 5.91 Å². The molecule has 2 aromatic rings. The average Bonchev–Trinajstić information content (AvgIpc) is 2.39. The van der Waals surface area contributed by atoms with Crippen molar-refractivity contribution < 1.29 is 9.90 Å². The molecule has 1 aromatic heterocycles. The van der Waals surface area contributed by atoms with Gasteiger partial charge in [0.1, 0.15) is 22.9 Å². The Morgan fingerprint density at radius 2 is 1.90 bits per heavy atom. The van der Waals surface area contributed by atoms with E-state index >= 15 is 0 Å². The van der Waals surface area contributed by atoms with Crippen LogP contribution in [0.5, 0.6) is 5.75 Å². The maximum atomic E-state index is 10.9. The number of aromatic nitrogens is 1. The van der Waals surface area contributed by atoms with Gasteiger partial charge in [0.15, 0.2) is 5.82 Å². The minimum absolute atomic E-state index is 0.0256. The quantitative estimate of drug-likeness (QED) is 0.745. The van der Waals surface area contributed by atoms with Crippen LogP contribution in [-0.2, 0) is 4.79 Å². The second kappa shape index (κ2) is 5.79. The number of pyridine rings is 1. The molecule has 0 aliphatic heterocycles. The first-order chi connectivity index (χ1) is 9.56. The monoisotopic (exact) mass is 271 g/mol. The number of nitrogens with zero attached hydrogens (tertiary/aromatic N) is 3. The van der Waals surface area contributed by atoms with Crippen LogP contribution in [0.2, 0.25) is 0 Å². The summed E-state index contributed by atoms with van der Waals surface area (Å²) in [6.07, 6.45) is 0. The third-order valence-corrected chi connectivity index (χ3v) is 2.35. The van der Waals surface area contributed by atoms with Gasteiger partial charge in [0.05, 0.1) is 0 Å². The predicted octanol–water partition coefficient (Wildman–Crippen LogP) is 2.74. The first-order valence-electron chi connectivity index (χ1n) is 5.80. The Morgan fingerprint density at radius 1 is 1.20 bits per heavy atom. The lowest BCUT2D eigenvalue weighted by molar-refractivity contribution is -0.114. The number of nitrogens with one attached hydrogen (secondary N) is 1. The van der Waals surface area contributed by atoms with Crippen molar-refractivity contribution in [3.63, 3.8) is 0 Å². The largest absolute Gasteiger partial charge is 0.506 e. The van der Waals surface area contributed by atoms with Crippen LogP contribution in [0.15, 0.2) is 46.6 Å². The van der Waals surface area contributed by atoms with Gasteiger partial charge in [0, 0.05) is 6.92 Å². The average molecular weight is 271 g/mol. The fourth-order valence-corrected chi connectivity index (χ4v) is 1.46. The molecule has 0 radical (unpaired) electrons. The van der Waals surface area contributed by atoms with Gasteiger partial charge < -0.3 is 16.2 Å². The van der Waals surface area contributed by atoms with Crippen molar-refractivity contribution in [3.05, 3.63) is 36.4 Å². The third-order valence-electron chi connectivity index (χ3n) is 2.35. The van der Waals surface area contributed by atoms with Gasteiger partial charge in [0.25, 0.3) is 0 Å². The van der Waals surface area contributed by atoms with Gasteiger partial charge in [-0.3, -0.25) is 4.79 Å². The molecule has 1 aromatic carbocycles. The fourth-order valence-electron chi connectivity index (χ4n) is 1.46. The smallest absolute Gasteiger partial charge is 0.222 e. The summed E-state index contributed by atoms with van der Waals surface area (Å²) < 4.78 is 0. The SMILES string of the molecule is CC(=O)Nc1ccc(/N=N/c2ccccc2O)c(N)n1. The van der Waals surface area contributed by atoms with Crippen LogP contribution in [-0.4, -0.2) is 16.0 Å². The molecule has 20 heavy (non-hydrogen) atoms. The summed E-state index contributed by atoms with van der Waals surface area (Å²) in [7, 11) is 0. The topological polar surface area (TPSA) is 113 Å². The zero-order valence-corrected chi connectivity index (χ0v) is 10.7. The molecule has 4 N–H and O–H groups in total. The van der Waals surface area contributed by atoms with Crippen LogP contribution in [0.4, 0.5) is 23.0 Å². The Balaban J connectivity index is 2.22. The lowest BCUT2D eigenvalue weighted by Crippen LogP contribution is -2.08. The number of carbonyl (C=O) groups is 1. The van der Waals surface area contributed by atoms with Crippen molar-refractivity contribution in [1.82, 2.24) is 4.98 Å². The zero-order chi connectivity index (χ0) is 14.5. The van der Waals surface area contributed by atoms with Crippen molar-refractivity contribution in [1.29, 1.82) is 0 Å². The van der Waals surface area contributed by atoms with Crippen LogP contribution in [0, 0.1) is 0 Å². The molecule has 1 amide bonds. The number of phenolic OH excluding ortho intramolecular Hbond substituents is 1. The highest BCUT2D eigenvalue weighted by Crippen LogP contribution is 2.29.